The first kappa shape index (κ1) is 45.0. The smallest absolute Gasteiger partial charge is 0.264 e. The number of aromatic nitrogens is 10. The number of aromatic amines is 1. The zero-order valence-electron chi connectivity index (χ0n) is 31.3. The van der Waals surface area contributed by atoms with Crippen molar-refractivity contribution >= 4 is 32.9 Å². The molecule has 4 heterocycles. The van der Waals surface area contributed by atoms with E-state index in [9.17, 15) is 26.3 Å². The number of hydrogen-bond donors (Lipinski definition) is 1. The molecule has 0 saturated carbocycles. The average molecular weight is 953 g/mol. The summed E-state index contributed by atoms with van der Waals surface area (Å²) in [5.41, 5.74) is 5.84. The summed E-state index contributed by atoms with van der Waals surface area (Å²) in [6, 6.07) is 33.0. The third-order valence-corrected chi connectivity index (χ3v) is 9.24. The van der Waals surface area contributed by atoms with Gasteiger partial charge in [0.15, 0.2) is 0 Å². The van der Waals surface area contributed by atoms with Gasteiger partial charge in [-0.2, -0.15) is 36.4 Å². The van der Waals surface area contributed by atoms with Crippen molar-refractivity contribution < 1.29 is 26.3 Å². The summed E-state index contributed by atoms with van der Waals surface area (Å²) in [4.78, 5) is 9.48. The number of benzene rings is 4. The van der Waals surface area contributed by atoms with E-state index >= 15 is 0 Å². The lowest BCUT2D eigenvalue weighted by Crippen LogP contribution is -2.05. The fourth-order valence-electron chi connectivity index (χ4n) is 5.67. The van der Waals surface area contributed by atoms with Gasteiger partial charge in [0.2, 0.25) is 11.6 Å². The second kappa shape index (κ2) is 21.2. The van der Waals surface area contributed by atoms with Crippen molar-refractivity contribution in [2.45, 2.75) is 37.1 Å². The van der Waals surface area contributed by atoms with E-state index in [1.807, 2.05) is 79.0 Å². The van der Waals surface area contributed by atoms with E-state index in [-0.39, 0.29) is 17.0 Å². The van der Waals surface area contributed by atoms with Crippen LogP contribution in [0.3, 0.4) is 0 Å². The van der Waals surface area contributed by atoms with Gasteiger partial charge in [0.1, 0.15) is 0 Å². The second-order valence-corrected chi connectivity index (χ2v) is 13.4. The molecule has 4 aromatic carbocycles. The molecule has 0 bridgehead atoms. The molecule has 0 fully saturated rings. The molecule has 18 heteroatoms. The molecule has 8 rings (SSSR count). The summed E-state index contributed by atoms with van der Waals surface area (Å²) < 4.78 is 76.0. The van der Waals surface area contributed by atoms with Gasteiger partial charge in [-0.25, -0.2) is 0 Å². The number of nitrogens with zero attached hydrogens (tertiary/aromatic N) is 9. The molecule has 10 nitrogen and oxygen atoms in total. The lowest BCUT2D eigenvalue weighted by Gasteiger charge is -2.09. The van der Waals surface area contributed by atoms with Crippen LogP contribution in [0.2, 0.25) is 0 Å². The van der Waals surface area contributed by atoms with E-state index in [0.717, 1.165) is 68.5 Å². The van der Waals surface area contributed by atoms with Gasteiger partial charge in [-0.1, -0.05) is 101 Å². The topological polar surface area (TPSA) is 124 Å². The van der Waals surface area contributed by atoms with E-state index in [2.05, 4.69) is 61.9 Å². The van der Waals surface area contributed by atoms with Crippen molar-refractivity contribution in [2.75, 3.05) is 0 Å². The largest absolute Gasteiger partial charge is 0.416 e. The zero-order valence-corrected chi connectivity index (χ0v) is 34.6. The van der Waals surface area contributed by atoms with Gasteiger partial charge < -0.3 is 0 Å². The van der Waals surface area contributed by atoms with Crippen LogP contribution in [0.1, 0.15) is 44.5 Å². The van der Waals surface area contributed by atoms with Crippen molar-refractivity contribution in [3.63, 3.8) is 0 Å². The quantitative estimate of drug-likeness (QED) is 0.112. The fraction of sp³-hybridized carbons (Fsp3) is 0.143. The molecule has 0 radical (unpaired) electrons. The number of halogens is 8. The summed E-state index contributed by atoms with van der Waals surface area (Å²) in [7, 11) is 0. The Morgan fingerprint density at radius 2 is 1.05 bits per heavy atom. The molecular weight excluding hydrogens is 918 g/mol. The summed E-state index contributed by atoms with van der Waals surface area (Å²) in [5.74, 6) is 0.930. The van der Waals surface area contributed by atoms with Crippen molar-refractivity contribution in [2.24, 2.45) is 0 Å². The first-order valence-corrected chi connectivity index (χ1v) is 18.9. The predicted molar refractivity (Wildman–Crippen MR) is 222 cm³/mol. The fourth-order valence-corrected chi connectivity index (χ4v) is 6.01. The van der Waals surface area contributed by atoms with Crippen molar-refractivity contribution in [1.29, 1.82) is 0 Å². The molecular formula is C42H34Br2F6N10. The Bertz CT molecular complexity index is 2480. The lowest BCUT2D eigenvalue weighted by molar-refractivity contribution is -0.138. The minimum absolute atomic E-state index is 0. The monoisotopic (exact) mass is 950 g/mol. The standard InChI is InChI=1S/C21H16F3N5.C15H11F3N4.C6H6BrN.BrH/c22-21(23,24)18-9-7-15(8-10-18)12-17-5-1-2-6-19(17)20-26-28-29(27-20)14-16-4-3-11-25-13-16;16-15(17,18)12-7-5-10(6-8-12)9-11-3-1-2-4-13(11)14-19-21-22-20-14;7-4-6-2-1-3-8-5-6;/h1-11,13H,12,14H2;1-8H,9H2,(H,19,20,21,22);1-3,5H,4H2;1H. The van der Waals surface area contributed by atoms with Crippen LogP contribution in [0.4, 0.5) is 26.3 Å². The highest BCUT2D eigenvalue weighted by Gasteiger charge is 2.30. The van der Waals surface area contributed by atoms with Gasteiger partial charge in [-0.05, 0) is 93.0 Å². The van der Waals surface area contributed by atoms with Crippen LogP contribution in [0.25, 0.3) is 22.8 Å². The Hall–Kier alpha value is -6.14. The normalized spacial score (nSPS) is 11.1. The van der Waals surface area contributed by atoms with Gasteiger partial charge in [-0.15, -0.1) is 37.4 Å². The van der Waals surface area contributed by atoms with Crippen LogP contribution < -0.4 is 0 Å². The van der Waals surface area contributed by atoms with E-state index < -0.39 is 23.5 Å². The van der Waals surface area contributed by atoms with Gasteiger partial charge in [0, 0.05) is 41.2 Å². The molecule has 0 saturated heterocycles. The van der Waals surface area contributed by atoms with E-state index in [0.29, 0.717) is 31.0 Å². The number of tetrazole rings is 2. The SMILES string of the molecule is Br.BrCc1cccnc1.FC(F)(F)c1ccc(Cc2ccccc2-c2nn[nH]n2)cc1.FC(F)(F)c1ccc(Cc2ccccc2-c2nnn(Cc3cccnc3)n2)cc1. The van der Waals surface area contributed by atoms with E-state index in [1.54, 1.807) is 18.6 Å². The minimum Gasteiger partial charge on any atom is -0.264 e. The maximum absolute atomic E-state index is 12.8. The number of nitrogens with one attached hydrogen (secondary N) is 1. The maximum atomic E-state index is 12.8. The summed E-state index contributed by atoms with van der Waals surface area (Å²) in [5, 5.41) is 27.4. The molecule has 4 aromatic heterocycles. The van der Waals surface area contributed by atoms with Gasteiger partial charge in [-0.3, -0.25) is 9.97 Å². The molecule has 1 N–H and O–H groups in total. The molecule has 60 heavy (non-hydrogen) atoms. The maximum Gasteiger partial charge on any atom is 0.416 e. The zero-order chi connectivity index (χ0) is 41.7. The van der Waals surface area contributed by atoms with Crippen LogP contribution in [0.5, 0.6) is 0 Å². The summed E-state index contributed by atoms with van der Waals surface area (Å²) >= 11 is 3.32. The lowest BCUT2D eigenvalue weighted by atomic mass is 9.98. The van der Waals surface area contributed by atoms with Crippen molar-refractivity contribution in [3.8, 4) is 22.8 Å². The van der Waals surface area contributed by atoms with Crippen molar-refractivity contribution in [1.82, 2.24) is 50.8 Å². The third kappa shape index (κ3) is 12.9. The first-order chi connectivity index (χ1) is 28.5. The van der Waals surface area contributed by atoms with Crippen LogP contribution in [0, 0.1) is 0 Å². The van der Waals surface area contributed by atoms with Gasteiger partial charge in [0.05, 0.1) is 17.7 Å². The van der Waals surface area contributed by atoms with E-state index in [4.69, 9.17) is 0 Å². The van der Waals surface area contributed by atoms with Gasteiger partial charge in [0.25, 0.3) is 0 Å². The first-order valence-electron chi connectivity index (χ1n) is 17.8. The van der Waals surface area contributed by atoms with E-state index in [1.165, 1.54) is 34.6 Å². The molecule has 0 aliphatic rings. The van der Waals surface area contributed by atoms with Crippen LogP contribution in [0.15, 0.2) is 146 Å². The Balaban J connectivity index is 0.000000194. The second-order valence-electron chi connectivity index (χ2n) is 12.8. The molecule has 0 atom stereocenters. The minimum atomic E-state index is -4.34. The van der Waals surface area contributed by atoms with Crippen LogP contribution in [-0.4, -0.2) is 50.8 Å². The molecule has 8 aromatic rings. The van der Waals surface area contributed by atoms with Crippen LogP contribution in [-0.2, 0) is 37.1 Å². The number of alkyl halides is 7. The average Bonchev–Trinajstić information content (AvgIpc) is 3.96. The Kier molecular flexibility index (Phi) is 15.9. The Labute approximate surface area is 359 Å². The molecule has 0 aliphatic heterocycles. The number of pyridine rings is 2. The molecule has 0 amide bonds. The molecule has 0 spiro atoms. The highest BCUT2D eigenvalue weighted by Crippen LogP contribution is 2.31. The highest BCUT2D eigenvalue weighted by molar-refractivity contribution is 9.08. The molecule has 0 aliphatic carbocycles. The third-order valence-electron chi connectivity index (χ3n) is 8.59. The molecule has 308 valence electrons. The number of rotatable bonds is 9. The van der Waals surface area contributed by atoms with Crippen molar-refractivity contribution in [3.05, 3.63) is 191 Å². The summed E-state index contributed by atoms with van der Waals surface area (Å²) in [6.45, 7) is 0.446. The van der Waals surface area contributed by atoms with Crippen LogP contribution >= 0.6 is 32.9 Å². The van der Waals surface area contributed by atoms with Gasteiger partial charge >= 0.3 is 12.4 Å². The predicted octanol–water partition coefficient (Wildman–Crippen LogP) is 10.4. The number of H-pyrrole nitrogens is 1. The molecule has 0 unspecified atom stereocenters. The Morgan fingerprint density at radius 1 is 0.550 bits per heavy atom. The number of hydrogen-bond acceptors (Lipinski definition) is 8. The summed E-state index contributed by atoms with van der Waals surface area (Å²) in [6.07, 6.45) is -0.661. The highest BCUT2D eigenvalue weighted by atomic mass is 79.9. The Morgan fingerprint density at radius 3 is 1.48 bits per heavy atom.